The Morgan fingerprint density at radius 3 is 2.50 bits per heavy atom. The van der Waals surface area contributed by atoms with Gasteiger partial charge >= 0.3 is 12.1 Å². The van der Waals surface area contributed by atoms with E-state index in [-0.39, 0.29) is 16.3 Å². The lowest BCUT2D eigenvalue weighted by atomic mass is 10.1. The summed E-state index contributed by atoms with van der Waals surface area (Å²) in [5.41, 5.74) is 0.0523. The number of benzene rings is 1. The molecule has 14 nitrogen and oxygen atoms in total. The number of aryl methyl sites for hydroxylation is 1. The maximum atomic E-state index is 13.8. The van der Waals surface area contributed by atoms with E-state index < -0.39 is 56.4 Å². The largest absolute Gasteiger partial charge is 0.480 e. The number of amides is 2. The standard InChI is InChI=1S/C29H34ClN7O7S2/c1-18-16-32-34-25(18)46(42,43)37(26(38)24-33-29(2,3)17-45-24)21(27(39)40)15-19-7-8-22(20(30)14-19)44-28(41)36-12-10-35(11-13-36)23-6-4-5-9-31-23/h4-9,14,16,21,24,33H,10-13,15,17H2,1-3H3,(H,32,34)(H,39,40)/t21-,24-/m0/s1. The maximum Gasteiger partial charge on any atom is 0.415 e. The molecule has 0 aliphatic carbocycles. The van der Waals surface area contributed by atoms with Crippen LogP contribution >= 0.6 is 23.4 Å². The number of aromatic amines is 1. The Bertz CT molecular complexity index is 1710. The molecule has 2 saturated heterocycles. The molecule has 2 fully saturated rings. The summed E-state index contributed by atoms with van der Waals surface area (Å²) < 4.78 is 33.6. The predicted molar refractivity (Wildman–Crippen MR) is 171 cm³/mol. The second-order valence-electron chi connectivity index (χ2n) is 11.6. The highest BCUT2D eigenvalue weighted by Crippen LogP contribution is 2.32. The lowest BCUT2D eigenvalue weighted by Gasteiger charge is -2.34. The van der Waals surface area contributed by atoms with Crippen LogP contribution in [0.3, 0.4) is 0 Å². The van der Waals surface area contributed by atoms with Gasteiger partial charge in [0.05, 0.1) is 5.02 Å². The highest BCUT2D eigenvalue weighted by atomic mass is 35.5. The van der Waals surface area contributed by atoms with E-state index in [1.807, 2.05) is 32.0 Å². The van der Waals surface area contributed by atoms with Crippen molar-refractivity contribution in [2.45, 2.75) is 49.2 Å². The highest BCUT2D eigenvalue weighted by molar-refractivity contribution is 8.01. The van der Waals surface area contributed by atoms with Crippen molar-refractivity contribution in [3.63, 3.8) is 0 Å². The number of aromatic nitrogens is 3. The molecular weight excluding hydrogens is 658 g/mol. The van der Waals surface area contributed by atoms with Crippen LogP contribution in [0.15, 0.2) is 53.8 Å². The van der Waals surface area contributed by atoms with Gasteiger partial charge in [-0.2, -0.15) is 13.5 Å². The summed E-state index contributed by atoms with van der Waals surface area (Å²) >= 11 is 7.65. The summed E-state index contributed by atoms with van der Waals surface area (Å²) in [4.78, 5) is 47.3. The van der Waals surface area contributed by atoms with E-state index >= 15 is 0 Å². The number of nitrogens with zero attached hydrogens (tertiary/aromatic N) is 5. The first kappa shape index (κ1) is 33.5. The number of nitrogens with one attached hydrogen (secondary N) is 2. The van der Waals surface area contributed by atoms with E-state index in [0.717, 1.165) is 5.82 Å². The number of hydrogen-bond donors (Lipinski definition) is 3. The van der Waals surface area contributed by atoms with Crippen molar-refractivity contribution in [2.75, 3.05) is 36.8 Å². The molecule has 17 heteroatoms. The summed E-state index contributed by atoms with van der Waals surface area (Å²) in [6.45, 7) is 7.15. The zero-order chi connectivity index (χ0) is 33.2. The van der Waals surface area contributed by atoms with Crippen LogP contribution < -0.4 is 15.0 Å². The number of rotatable bonds is 9. The van der Waals surface area contributed by atoms with Gasteiger partial charge in [0, 0.05) is 61.8 Å². The quantitative estimate of drug-likeness (QED) is 0.299. The number of piperazine rings is 1. The topological polar surface area (TPSA) is 178 Å². The minimum atomic E-state index is -4.70. The molecule has 2 aliphatic rings. The van der Waals surface area contributed by atoms with Crippen LogP contribution in [0.2, 0.25) is 5.02 Å². The molecule has 0 spiro atoms. The van der Waals surface area contributed by atoms with E-state index in [9.17, 15) is 27.9 Å². The van der Waals surface area contributed by atoms with Crippen molar-refractivity contribution in [3.8, 4) is 5.75 Å². The molecule has 2 atom stereocenters. The van der Waals surface area contributed by atoms with Crippen molar-refractivity contribution >= 4 is 57.2 Å². The minimum absolute atomic E-state index is 0.0146. The second-order valence-corrected chi connectivity index (χ2v) is 14.8. The van der Waals surface area contributed by atoms with Gasteiger partial charge in [0.15, 0.2) is 10.8 Å². The monoisotopic (exact) mass is 691 g/mol. The SMILES string of the molecule is Cc1c[nH]nc1S(=O)(=O)N(C(=O)[C@H]1NC(C)(C)CS1)[C@@H](Cc1ccc(OC(=O)N2CCN(c3ccccn3)CC2)c(Cl)c1)C(=O)O. The van der Waals surface area contributed by atoms with E-state index in [2.05, 4.69) is 25.4 Å². The van der Waals surface area contributed by atoms with Crippen LogP contribution in [0.5, 0.6) is 5.75 Å². The Hall–Kier alpha value is -3.86. The molecule has 5 rings (SSSR count). The van der Waals surface area contributed by atoms with Crippen molar-refractivity contribution in [3.05, 3.63) is 64.9 Å². The zero-order valence-electron chi connectivity index (χ0n) is 25.3. The number of ether oxygens (including phenoxy) is 1. The molecule has 0 unspecified atom stereocenters. The number of carbonyl (C=O) groups excluding carboxylic acids is 2. The molecule has 46 heavy (non-hydrogen) atoms. The van der Waals surface area contributed by atoms with Crippen molar-refractivity contribution in [1.29, 1.82) is 0 Å². The van der Waals surface area contributed by atoms with E-state index in [0.29, 0.717) is 41.8 Å². The number of sulfonamides is 1. The van der Waals surface area contributed by atoms with Gasteiger partial charge in [-0.25, -0.2) is 18.9 Å². The van der Waals surface area contributed by atoms with Gasteiger partial charge in [0.2, 0.25) is 0 Å². The third kappa shape index (κ3) is 7.24. The Kier molecular flexibility index (Phi) is 9.81. The molecule has 3 aromatic rings. The number of carboxylic acids is 1. The third-order valence-corrected chi connectivity index (χ3v) is 11.3. The third-order valence-electron chi connectivity index (χ3n) is 7.56. The Morgan fingerprint density at radius 1 is 1.20 bits per heavy atom. The fourth-order valence-corrected chi connectivity index (χ4v) is 8.47. The predicted octanol–water partition coefficient (Wildman–Crippen LogP) is 2.74. The van der Waals surface area contributed by atoms with E-state index in [4.69, 9.17) is 16.3 Å². The smallest absolute Gasteiger partial charge is 0.415 e. The summed E-state index contributed by atoms with van der Waals surface area (Å²) in [7, 11) is -4.70. The molecule has 0 radical (unpaired) electrons. The number of anilines is 1. The summed E-state index contributed by atoms with van der Waals surface area (Å²) in [5, 5.41) is 18.2. The van der Waals surface area contributed by atoms with Gasteiger partial charge in [-0.1, -0.05) is 23.7 Å². The normalized spacial score (nSPS) is 18.7. The van der Waals surface area contributed by atoms with Gasteiger partial charge in [-0.05, 0) is 50.6 Å². The van der Waals surface area contributed by atoms with Crippen LogP contribution in [0.25, 0.3) is 0 Å². The van der Waals surface area contributed by atoms with Crippen LogP contribution in [0, 0.1) is 6.92 Å². The lowest BCUT2D eigenvalue weighted by Crippen LogP contribution is -2.55. The summed E-state index contributed by atoms with van der Waals surface area (Å²) in [6.07, 6.45) is 2.05. The fourth-order valence-electron chi connectivity index (χ4n) is 5.18. The zero-order valence-corrected chi connectivity index (χ0v) is 27.7. The first-order chi connectivity index (χ1) is 21.8. The van der Waals surface area contributed by atoms with Crippen molar-refractivity contribution < 1.29 is 32.6 Å². The summed E-state index contributed by atoms with van der Waals surface area (Å²) in [5.74, 6) is -1.08. The summed E-state index contributed by atoms with van der Waals surface area (Å²) in [6, 6.07) is 8.07. The molecular formula is C29H34ClN7O7S2. The number of carbonyl (C=O) groups is 3. The number of halogens is 1. The lowest BCUT2D eigenvalue weighted by molar-refractivity contribution is -0.146. The van der Waals surface area contributed by atoms with Gasteiger partial charge in [-0.15, -0.1) is 11.8 Å². The molecule has 2 aromatic heterocycles. The van der Waals surface area contributed by atoms with E-state index in [1.165, 1.54) is 43.1 Å². The molecule has 0 bridgehead atoms. The maximum absolute atomic E-state index is 13.8. The minimum Gasteiger partial charge on any atom is -0.480 e. The number of pyridine rings is 1. The van der Waals surface area contributed by atoms with E-state index in [1.54, 1.807) is 11.1 Å². The fraction of sp³-hybridized carbons (Fsp3) is 0.414. The molecule has 2 amide bonds. The van der Waals surface area contributed by atoms with Gasteiger partial charge in [0.1, 0.15) is 17.2 Å². The van der Waals surface area contributed by atoms with Crippen LogP contribution in [-0.2, 0) is 26.0 Å². The Balaban J connectivity index is 1.33. The number of aliphatic carboxylic acids is 1. The Morgan fingerprint density at radius 2 is 1.93 bits per heavy atom. The average Bonchev–Trinajstić information content (AvgIpc) is 3.63. The molecule has 1 aromatic carbocycles. The van der Waals surface area contributed by atoms with Gasteiger partial charge in [-0.3, -0.25) is 15.2 Å². The van der Waals surface area contributed by atoms with Gasteiger partial charge < -0.3 is 19.6 Å². The molecule has 2 aliphatic heterocycles. The first-order valence-corrected chi connectivity index (χ1v) is 17.3. The Labute approximate surface area is 275 Å². The number of carboxylic acid groups (broad SMARTS) is 1. The number of thioether (sulfide) groups is 1. The number of hydrogen-bond acceptors (Lipinski definition) is 11. The molecule has 0 saturated carbocycles. The second kappa shape index (κ2) is 13.5. The highest BCUT2D eigenvalue weighted by Gasteiger charge is 2.47. The number of H-pyrrole nitrogens is 1. The first-order valence-electron chi connectivity index (χ1n) is 14.4. The van der Waals surface area contributed by atoms with Crippen LogP contribution in [0.1, 0.15) is 25.0 Å². The van der Waals surface area contributed by atoms with Crippen LogP contribution in [-0.4, -0.2) is 105 Å². The van der Waals surface area contributed by atoms with Crippen molar-refractivity contribution in [1.82, 2.24) is 29.7 Å². The van der Waals surface area contributed by atoms with Crippen LogP contribution in [0.4, 0.5) is 10.6 Å². The molecule has 4 heterocycles. The van der Waals surface area contributed by atoms with Gasteiger partial charge in [0.25, 0.3) is 15.9 Å². The molecule has 3 N–H and O–H groups in total. The van der Waals surface area contributed by atoms with Crippen molar-refractivity contribution in [2.24, 2.45) is 0 Å². The molecule has 246 valence electrons. The average molecular weight is 692 g/mol.